The number of amides is 2. The number of hydrogen-bond acceptors (Lipinski definition) is 4. The average Bonchev–Trinajstić information content (AvgIpc) is 3.43. The maximum Gasteiger partial charge on any atom is 0.298 e. The molecule has 0 saturated carbocycles. The van der Waals surface area contributed by atoms with Gasteiger partial charge in [0.1, 0.15) is 17.2 Å². The fourth-order valence-corrected chi connectivity index (χ4v) is 3.61. The molecule has 1 aliphatic heterocycles. The summed E-state index contributed by atoms with van der Waals surface area (Å²) in [6.07, 6.45) is 2.40. The summed E-state index contributed by atoms with van der Waals surface area (Å²) in [5, 5.41) is 4.64. The van der Waals surface area contributed by atoms with Crippen molar-refractivity contribution in [1.29, 1.82) is 0 Å². The van der Waals surface area contributed by atoms with E-state index in [9.17, 15) is 9.59 Å². The normalized spacial score (nSPS) is 15.3. The molecule has 0 unspecified atom stereocenters. The maximum absolute atomic E-state index is 12.1. The van der Waals surface area contributed by atoms with Gasteiger partial charge in [-0.25, -0.2) is 0 Å². The topological polar surface area (TPSA) is 90.5 Å². The van der Waals surface area contributed by atoms with Crippen LogP contribution in [0.2, 0.25) is 0 Å². The van der Waals surface area contributed by atoms with E-state index in [1.165, 1.54) is 0 Å². The Bertz CT molecular complexity index is 1160. The fourth-order valence-electron chi connectivity index (χ4n) is 3.61. The van der Waals surface area contributed by atoms with Crippen LogP contribution in [0.1, 0.15) is 29.7 Å². The van der Waals surface area contributed by atoms with E-state index in [-0.39, 0.29) is 11.9 Å². The Morgan fingerprint density at radius 1 is 1.10 bits per heavy atom. The van der Waals surface area contributed by atoms with Crippen LogP contribution in [0.3, 0.4) is 0 Å². The zero-order chi connectivity index (χ0) is 21.8. The second-order valence-electron chi connectivity index (χ2n) is 7.24. The van der Waals surface area contributed by atoms with Gasteiger partial charge in [0.05, 0.1) is 11.6 Å². The first-order valence-electron chi connectivity index (χ1n) is 9.99. The fraction of sp³-hybridized carbons (Fsp3) is 0.208. The second-order valence-corrected chi connectivity index (χ2v) is 7.24. The molecule has 2 aromatic carbocycles. The first-order chi connectivity index (χ1) is 15.0. The van der Waals surface area contributed by atoms with E-state index >= 15 is 0 Å². The largest absolute Gasteiger partial charge is 0.457 e. The molecule has 2 heterocycles. The van der Waals surface area contributed by atoms with Gasteiger partial charge in [0.15, 0.2) is 0 Å². The minimum atomic E-state index is -0.548. The van der Waals surface area contributed by atoms with Gasteiger partial charge in [0.25, 0.3) is 11.8 Å². The highest BCUT2D eigenvalue weighted by atomic mass is 16.5. The van der Waals surface area contributed by atoms with E-state index in [4.69, 9.17) is 10.5 Å². The lowest BCUT2D eigenvalue weighted by Gasteiger charge is -2.13. The van der Waals surface area contributed by atoms with E-state index < -0.39 is 5.91 Å². The molecule has 0 spiro atoms. The van der Waals surface area contributed by atoms with Crippen LogP contribution in [-0.4, -0.2) is 39.6 Å². The molecule has 7 nitrogen and oxygen atoms in total. The molecule has 1 aliphatic rings. The van der Waals surface area contributed by atoms with Gasteiger partial charge in [-0.05, 0) is 55.7 Å². The number of carbonyl (C=O) groups excluding carboxylic acids is 2. The molecule has 7 heteroatoms. The quantitative estimate of drug-likeness (QED) is 0.649. The minimum absolute atomic E-state index is 0.0323. The molecule has 3 aromatic rings. The van der Waals surface area contributed by atoms with Crippen molar-refractivity contribution in [2.24, 2.45) is 5.73 Å². The lowest BCUT2D eigenvalue weighted by atomic mass is 10.1. The summed E-state index contributed by atoms with van der Waals surface area (Å²) in [5.41, 5.74) is 7.22. The molecule has 31 heavy (non-hydrogen) atoms. The molecule has 4 rings (SSSR count). The van der Waals surface area contributed by atoms with Crippen LogP contribution in [0.5, 0.6) is 11.5 Å². The Morgan fingerprint density at radius 2 is 1.81 bits per heavy atom. The molecule has 0 aliphatic carbocycles. The first kappa shape index (κ1) is 20.2. The van der Waals surface area contributed by atoms with Gasteiger partial charge in [0.2, 0.25) is 0 Å². The Labute approximate surface area is 180 Å². The molecule has 2 N–H and O–H groups in total. The van der Waals surface area contributed by atoms with Crippen LogP contribution >= 0.6 is 0 Å². The summed E-state index contributed by atoms with van der Waals surface area (Å²) in [6.45, 7) is 2.74. The van der Waals surface area contributed by atoms with E-state index in [1.807, 2.05) is 54.6 Å². The summed E-state index contributed by atoms with van der Waals surface area (Å²) >= 11 is 0. The average molecular weight is 414 g/mol. The second kappa shape index (κ2) is 8.76. The van der Waals surface area contributed by atoms with E-state index in [2.05, 4.69) is 16.9 Å². The van der Waals surface area contributed by atoms with E-state index in [1.54, 1.807) is 22.7 Å². The minimum Gasteiger partial charge on any atom is -0.457 e. The van der Waals surface area contributed by atoms with Gasteiger partial charge in [-0.1, -0.05) is 24.1 Å². The third-order valence-electron chi connectivity index (χ3n) is 5.16. The van der Waals surface area contributed by atoms with Gasteiger partial charge in [-0.2, -0.15) is 5.10 Å². The Kier molecular flexibility index (Phi) is 5.72. The van der Waals surface area contributed by atoms with Crippen molar-refractivity contribution in [3.05, 3.63) is 66.4 Å². The molecule has 0 bridgehead atoms. The Balaban J connectivity index is 1.56. The number of carbonyl (C=O) groups is 2. The van der Waals surface area contributed by atoms with Crippen LogP contribution in [0.15, 0.2) is 60.8 Å². The van der Waals surface area contributed by atoms with Crippen molar-refractivity contribution in [3.63, 3.8) is 0 Å². The van der Waals surface area contributed by atoms with E-state index in [0.29, 0.717) is 30.1 Å². The summed E-state index contributed by atoms with van der Waals surface area (Å²) < 4.78 is 7.55. The van der Waals surface area contributed by atoms with Gasteiger partial charge in [-0.3, -0.25) is 14.3 Å². The molecule has 1 fully saturated rings. The van der Waals surface area contributed by atoms with Crippen LogP contribution in [0.4, 0.5) is 0 Å². The van der Waals surface area contributed by atoms with Crippen LogP contribution < -0.4 is 10.5 Å². The lowest BCUT2D eigenvalue weighted by molar-refractivity contribution is -0.124. The highest BCUT2D eigenvalue weighted by Gasteiger charge is 2.29. The lowest BCUT2D eigenvalue weighted by Crippen LogP contribution is -2.27. The SMILES string of the molecule is CC#CC(=O)N1CC[C@@H](n2cc(C(N)=O)c(-c3ccc(Oc4ccccc4)cc3)n2)C1. The summed E-state index contributed by atoms with van der Waals surface area (Å²) in [7, 11) is 0. The predicted molar refractivity (Wildman–Crippen MR) is 116 cm³/mol. The number of nitrogens with zero attached hydrogens (tertiary/aromatic N) is 3. The molecule has 1 atom stereocenters. The standard InChI is InChI=1S/C24H22N4O3/c1-2-6-22(29)27-14-13-18(15-27)28-16-21(24(25)30)23(26-28)17-9-11-20(12-10-17)31-19-7-4-3-5-8-19/h3-5,7-12,16,18H,13-15H2,1H3,(H2,25,30)/t18-/m1/s1. The number of primary amides is 1. The van der Waals surface area contributed by atoms with E-state index in [0.717, 1.165) is 17.7 Å². The zero-order valence-electron chi connectivity index (χ0n) is 17.1. The van der Waals surface area contributed by atoms with Crippen LogP contribution in [-0.2, 0) is 4.79 Å². The predicted octanol–water partition coefficient (Wildman–Crippen LogP) is 3.24. The van der Waals surface area contributed by atoms with Gasteiger partial charge in [0, 0.05) is 24.8 Å². The number of para-hydroxylation sites is 1. The maximum atomic E-state index is 12.1. The first-order valence-corrected chi connectivity index (χ1v) is 9.99. The number of ether oxygens (including phenoxy) is 1. The highest BCUT2D eigenvalue weighted by molar-refractivity contribution is 5.98. The van der Waals surface area contributed by atoms with Crippen molar-refractivity contribution < 1.29 is 14.3 Å². The monoisotopic (exact) mass is 414 g/mol. The smallest absolute Gasteiger partial charge is 0.298 e. The van der Waals surface area contributed by atoms with Crippen molar-refractivity contribution in [3.8, 4) is 34.6 Å². The molecular formula is C24H22N4O3. The molecular weight excluding hydrogens is 392 g/mol. The molecule has 0 radical (unpaired) electrons. The van der Waals surface area contributed by atoms with Crippen molar-refractivity contribution in [1.82, 2.24) is 14.7 Å². The van der Waals surface area contributed by atoms with Gasteiger partial charge < -0.3 is 15.4 Å². The summed E-state index contributed by atoms with van der Waals surface area (Å²) in [4.78, 5) is 25.8. The van der Waals surface area contributed by atoms with Crippen LogP contribution in [0.25, 0.3) is 11.3 Å². The number of nitrogens with two attached hydrogens (primary N) is 1. The number of benzene rings is 2. The Hall–Kier alpha value is -4.05. The molecule has 156 valence electrons. The molecule has 1 aromatic heterocycles. The van der Waals surface area contributed by atoms with Crippen molar-refractivity contribution in [2.45, 2.75) is 19.4 Å². The number of hydrogen-bond donors (Lipinski definition) is 1. The summed E-state index contributed by atoms with van der Waals surface area (Å²) in [6, 6.07) is 16.8. The molecule has 2 amide bonds. The number of likely N-dealkylation sites (tertiary alicyclic amines) is 1. The van der Waals surface area contributed by atoms with Crippen molar-refractivity contribution >= 4 is 11.8 Å². The van der Waals surface area contributed by atoms with Crippen molar-refractivity contribution in [2.75, 3.05) is 13.1 Å². The van der Waals surface area contributed by atoms with Gasteiger partial charge in [-0.15, -0.1) is 0 Å². The third kappa shape index (κ3) is 4.43. The number of aromatic nitrogens is 2. The number of rotatable bonds is 5. The highest BCUT2D eigenvalue weighted by Crippen LogP contribution is 2.29. The third-order valence-corrected chi connectivity index (χ3v) is 5.16. The Morgan fingerprint density at radius 3 is 2.48 bits per heavy atom. The summed E-state index contributed by atoms with van der Waals surface area (Å²) in [5.74, 6) is 5.88. The van der Waals surface area contributed by atoms with Gasteiger partial charge >= 0.3 is 0 Å². The molecule has 1 saturated heterocycles. The zero-order valence-corrected chi connectivity index (χ0v) is 17.1. The van der Waals surface area contributed by atoms with Crippen LogP contribution in [0, 0.1) is 11.8 Å².